The Morgan fingerprint density at radius 1 is 1.56 bits per heavy atom. The summed E-state index contributed by atoms with van der Waals surface area (Å²) in [5.41, 5.74) is 0. The van der Waals surface area contributed by atoms with Crippen LogP contribution < -0.4 is 5.32 Å². The van der Waals surface area contributed by atoms with E-state index in [1.54, 1.807) is 13.0 Å². The fourth-order valence-electron chi connectivity index (χ4n) is 2.17. The molecule has 7 heteroatoms. The van der Waals surface area contributed by atoms with Crippen molar-refractivity contribution in [2.75, 3.05) is 13.6 Å². The van der Waals surface area contributed by atoms with Crippen molar-refractivity contribution >= 4 is 15.9 Å². The molecule has 1 amide bonds. The number of nitrogens with zero attached hydrogens (tertiary/aromatic N) is 2. The number of piperidine rings is 1. The Labute approximate surface area is 108 Å². The van der Waals surface area contributed by atoms with Crippen LogP contribution in [-0.2, 0) is 14.8 Å². The Kier molecular flexibility index (Phi) is 5.11. The summed E-state index contributed by atoms with van der Waals surface area (Å²) in [5, 5.41) is 10.3. The van der Waals surface area contributed by atoms with E-state index < -0.39 is 21.3 Å². The van der Waals surface area contributed by atoms with E-state index in [0.717, 1.165) is 12.8 Å². The highest BCUT2D eigenvalue weighted by Crippen LogP contribution is 2.24. The van der Waals surface area contributed by atoms with Crippen molar-refractivity contribution in [3.63, 3.8) is 0 Å². The number of carbonyl (C=O) groups is 1. The van der Waals surface area contributed by atoms with Crippen LogP contribution in [0.4, 0.5) is 0 Å². The highest BCUT2D eigenvalue weighted by atomic mass is 32.2. The van der Waals surface area contributed by atoms with Gasteiger partial charge >= 0.3 is 0 Å². The van der Waals surface area contributed by atoms with Gasteiger partial charge in [0.25, 0.3) is 0 Å². The molecule has 2 atom stereocenters. The van der Waals surface area contributed by atoms with Crippen molar-refractivity contribution in [2.24, 2.45) is 0 Å². The molecule has 0 saturated carbocycles. The maximum atomic E-state index is 12.3. The molecule has 1 fully saturated rings. The number of hydrogen-bond acceptors (Lipinski definition) is 4. The monoisotopic (exact) mass is 273 g/mol. The molecule has 0 aromatic heterocycles. The zero-order valence-corrected chi connectivity index (χ0v) is 11.5. The van der Waals surface area contributed by atoms with Crippen LogP contribution in [0.3, 0.4) is 0 Å². The molecule has 1 saturated heterocycles. The highest BCUT2D eigenvalue weighted by Gasteiger charge is 2.40. The Balaban J connectivity index is 3.04. The van der Waals surface area contributed by atoms with Crippen LogP contribution in [0.15, 0.2) is 0 Å². The Morgan fingerprint density at radius 2 is 2.22 bits per heavy atom. The third-order valence-electron chi connectivity index (χ3n) is 3.20. The van der Waals surface area contributed by atoms with E-state index in [1.165, 1.54) is 11.4 Å². The second kappa shape index (κ2) is 6.16. The summed E-state index contributed by atoms with van der Waals surface area (Å²) in [7, 11) is -2.23. The summed E-state index contributed by atoms with van der Waals surface area (Å²) in [5.74, 6) is -0.300. The molecule has 0 radical (unpaired) electrons. The Hall–Kier alpha value is -1.13. The lowest BCUT2D eigenvalue weighted by atomic mass is 10.0. The molecular weight excluding hydrogens is 254 g/mol. The van der Waals surface area contributed by atoms with Gasteiger partial charge in [-0.3, -0.25) is 4.79 Å². The van der Waals surface area contributed by atoms with Gasteiger partial charge in [0.15, 0.2) is 5.25 Å². The molecule has 102 valence electrons. The van der Waals surface area contributed by atoms with Crippen LogP contribution in [0.5, 0.6) is 0 Å². The second-order valence-corrected chi connectivity index (χ2v) is 6.38. The maximum absolute atomic E-state index is 12.3. The minimum atomic E-state index is -3.72. The second-order valence-electron chi connectivity index (χ2n) is 4.31. The molecule has 0 aromatic rings. The zero-order chi connectivity index (χ0) is 13.8. The van der Waals surface area contributed by atoms with E-state index in [2.05, 4.69) is 5.32 Å². The largest absolute Gasteiger partial charge is 0.358 e. The molecule has 0 aromatic carbocycles. The van der Waals surface area contributed by atoms with Crippen LogP contribution in [-0.4, -0.2) is 43.5 Å². The van der Waals surface area contributed by atoms with Gasteiger partial charge < -0.3 is 5.32 Å². The van der Waals surface area contributed by atoms with Crippen molar-refractivity contribution < 1.29 is 13.2 Å². The first-order valence-electron chi connectivity index (χ1n) is 6.10. The van der Waals surface area contributed by atoms with Crippen molar-refractivity contribution in [1.29, 1.82) is 5.26 Å². The highest BCUT2D eigenvalue weighted by molar-refractivity contribution is 7.90. The minimum absolute atomic E-state index is 0.232. The van der Waals surface area contributed by atoms with Gasteiger partial charge in [-0.1, -0.05) is 13.3 Å². The summed E-state index contributed by atoms with van der Waals surface area (Å²) < 4.78 is 25.8. The lowest BCUT2D eigenvalue weighted by Crippen LogP contribution is -2.53. The Morgan fingerprint density at radius 3 is 2.72 bits per heavy atom. The van der Waals surface area contributed by atoms with E-state index in [4.69, 9.17) is 5.26 Å². The molecule has 1 aliphatic rings. The fourth-order valence-corrected chi connectivity index (χ4v) is 3.99. The third kappa shape index (κ3) is 2.82. The van der Waals surface area contributed by atoms with E-state index >= 15 is 0 Å². The summed E-state index contributed by atoms with van der Waals surface area (Å²) in [4.78, 5) is 11.7. The molecule has 1 heterocycles. The minimum Gasteiger partial charge on any atom is -0.358 e. The summed E-state index contributed by atoms with van der Waals surface area (Å²) in [6.45, 7) is 1.98. The van der Waals surface area contributed by atoms with Gasteiger partial charge in [0, 0.05) is 13.6 Å². The van der Waals surface area contributed by atoms with Gasteiger partial charge in [0.05, 0.1) is 6.07 Å². The fraction of sp³-hybridized carbons (Fsp3) is 0.818. The quantitative estimate of drug-likeness (QED) is 0.793. The average Bonchev–Trinajstić information content (AvgIpc) is 2.39. The van der Waals surface area contributed by atoms with E-state index in [9.17, 15) is 13.2 Å². The maximum Gasteiger partial charge on any atom is 0.238 e. The van der Waals surface area contributed by atoms with E-state index in [0.29, 0.717) is 13.0 Å². The van der Waals surface area contributed by atoms with Crippen LogP contribution in [0.2, 0.25) is 0 Å². The molecule has 1 aliphatic heterocycles. The number of amides is 1. The number of likely N-dealkylation sites (N-methyl/N-ethyl adjacent to an activating group) is 1. The average molecular weight is 273 g/mol. The topological polar surface area (TPSA) is 90.3 Å². The zero-order valence-electron chi connectivity index (χ0n) is 10.7. The number of sulfonamides is 1. The first-order valence-corrected chi connectivity index (χ1v) is 7.61. The summed E-state index contributed by atoms with van der Waals surface area (Å²) in [6, 6.07) is 1.14. The van der Waals surface area contributed by atoms with E-state index in [1.807, 2.05) is 0 Å². The van der Waals surface area contributed by atoms with E-state index in [-0.39, 0.29) is 12.3 Å². The van der Waals surface area contributed by atoms with Crippen LogP contribution in [0, 0.1) is 11.3 Å². The van der Waals surface area contributed by atoms with Gasteiger partial charge in [-0.15, -0.1) is 0 Å². The number of rotatable bonds is 4. The van der Waals surface area contributed by atoms with Crippen molar-refractivity contribution in [1.82, 2.24) is 9.62 Å². The first kappa shape index (κ1) is 14.9. The molecule has 6 nitrogen and oxygen atoms in total. The predicted molar refractivity (Wildman–Crippen MR) is 67.0 cm³/mol. The smallest absolute Gasteiger partial charge is 0.238 e. The SMILES string of the molecule is CCC(C#N)S(=O)(=O)N1CCCCC1C(=O)NC. The number of carbonyl (C=O) groups excluding carboxylic acids is 1. The van der Waals surface area contributed by atoms with Crippen molar-refractivity contribution in [2.45, 2.75) is 43.9 Å². The van der Waals surface area contributed by atoms with Gasteiger partial charge in [-0.25, -0.2) is 8.42 Å². The van der Waals surface area contributed by atoms with Crippen molar-refractivity contribution in [3.05, 3.63) is 0 Å². The van der Waals surface area contributed by atoms with Gasteiger partial charge in [0.1, 0.15) is 6.04 Å². The molecule has 1 rings (SSSR count). The van der Waals surface area contributed by atoms with Gasteiger partial charge in [-0.2, -0.15) is 9.57 Å². The number of nitriles is 1. The lowest BCUT2D eigenvalue weighted by Gasteiger charge is -2.34. The van der Waals surface area contributed by atoms with Crippen LogP contribution in [0.1, 0.15) is 32.6 Å². The van der Waals surface area contributed by atoms with Gasteiger partial charge in [-0.05, 0) is 19.3 Å². The molecular formula is C11H19N3O3S. The first-order chi connectivity index (χ1) is 8.48. The molecule has 1 N–H and O–H groups in total. The molecule has 2 unspecified atom stereocenters. The van der Waals surface area contributed by atoms with Crippen molar-refractivity contribution in [3.8, 4) is 6.07 Å². The van der Waals surface area contributed by atoms with Crippen LogP contribution >= 0.6 is 0 Å². The molecule has 0 aliphatic carbocycles. The predicted octanol–water partition coefficient (Wildman–Crippen LogP) is 0.219. The van der Waals surface area contributed by atoms with Gasteiger partial charge in [0.2, 0.25) is 15.9 Å². The lowest BCUT2D eigenvalue weighted by molar-refractivity contribution is -0.125. The molecule has 18 heavy (non-hydrogen) atoms. The molecule has 0 spiro atoms. The normalized spacial score (nSPS) is 23.1. The standard InChI is InChI=1S/C11H19N3O3S/c1-3-9(8-12)18(16,17)14-7-5-4-6-10(14)11(15)13-2/h9-10H,3-7H2,1-2H3,(H,13,15). The summed E-state index contributed by atoms with van der Waals surface area (Å²) in [6.07, 6.45) is 2.30. The molecule has 0 bridgehead atoms. The number of hydrogen-bond donors (Lipinski definition) is 1. The Bertz CT molecular complexity index is 441. The summed E-state index contributed by atoms with van der Waals surface area (Å²) >= 11 is 0. The third-order valence-corrected chi connectivity index (χ3v) is 5.45. The van der Waals surface area contributed by atoms with Crippen LogP contribution in [0.25, 0.3) is 0 Å². The number of nitrogens with one attached hydrogen (secondary N) is 1.